The van der Waals surface area contributed by atoms with Crippen LogP contribution in [0.15, 0.2) is 29.6 Å². The number of nitrogens with zero attached hydrogens (tertiary/aromatic N) is 2. The Labute approximate surface area is 125 Å². The molecule has 6 heteroatoms. The molecule has 1 unspecified atom stereocenters. The van der Waals surface area contributed by atoms with Crippen LogP contribution in [-0.2, 0) is 0 Å². The summed E-state index contributed by atoms with van der Waals surface area (Å²) in [7, 11) is 0. The van der Waals surface area contributed by atoms with E-state index in [9.17, 15) is 9.18 Å². The number of benzene rings is 1. The highest BCUT2D eigenvalue weighted by atomic mass is 32.1. The number of hydrogen-bond donors (Lipinski definition) is 1. The minimum Gasteiger partial charge on any atom is -0.396 e. The number of hydrogen-bond acceptors (Lipinski definition) is 4. The van der Waals surface area contributed by atoms with Crippen LogP contribution in [0.2, 0.25) is 0 Å². The molecule has 0 aliphatic carbocycles. The summed E-state index contributed by atoms with van der Waals surface area (Å²) in [6.45, 7) is 1.36. The minimum atomic E-state index is -0.293. The van der Waals surface area contributed by atoms with Gasteiger partial charge in [0, 0.05) is 36.6 Å². The van der Waals surface area contributed by atoms with Gasteiger partial charge in [0.05, 0.1) is 0 Å². The zero-order valence-corrected chi connectivity index (χ0v) is 12.1. The van der Waals surface area contributed by atoms with Crippen molar-refractivity contribution >= 4 is 17.2 Å². The number of aliphatic hydroxyl groups excluding tert-OH is 1. The second kappa shape index (κ2) is 5.91. The summed E-state index contributed by atoms with van der Waals surface area (Å²) in [6, 6.07) is 6.06. The number of carbonyl (C=O) groups is 1. The third-order valence-corrected chi connectivity index (χ3v) is 4.54. The molecule has 2 aromatic rings. The Bertz CT molecular complexity index is 641. The van der Waals surface area contributed by atoms with Gasteiger partial charge in [0.25, 0.3) is 5.91 Å². The predicted molar refractivity (Wildman–Crippen MR) is 78.6 cm³/mol. The van der Waals surface area contributed by atoms with Crippen LogP contribution in [0.5, 0.6) is 0 Å². The lowest BCUT2D eigenvalue weighted by Crippen LogP contribution is -2.29. The van der Waals surface area contributed by atoms with Crippen molar-refractivity contribution < 1.29 is 14.3 Å². The molecule has 0 bridgehead atoms. The van der Waals surface area contributed by atoms with E-state index in [0.717, 1.165) is 12.0 Å². The van der Waals surface area contributed by atoms with Crippen molar-refractivity contribution in [1.29, 1.82) is 0 Å². The van der Waals surface area contributed by atoms with Crippen molar-refractivity contribution in [3.05, 3.63) is 41.2 Å². The largest absolute Gasteiger partial charge is 0.396 e. The standard InChI is InChI=1S/C15H15FN2O2S/c16-12-3-1-11(2-4-12)14-17-13(9-21-14)15(20)18-6-5-10(7-18)8-19/h1-4,9-10,19H,5-8H2. The molecule has 0 radical (unpaired) electrons. The van der Waals surface area contributed by atoms with Gasteiger partial charge in [-0.1, -0.05) is 0 Å². The molecule has 4 nitrogen and oxygen atoms in total. The highest BCUT2D eigenvalue weighted by molar-refractivity contribution is 7.13. The van der Waals surface area contributed by atoms with E-state index in [1.807, 2.05) is 0 Å². The molecule has 1 amide bonds. The third-order valence-electron chi connectivity index (χ3n) is 3.65. The molecule has 110 valence electrons. The van der Waals surface area contributed by atoms with Crippen LogP contribution in [-0.4, -0.2) is 40.6 Å². The van der Waals surface area contributed by atoms with Gasteiger partial charge in [0.2, 0.25) is 0 Å². The summed E-state index contributed by atoms with van der Waals surface area (Å²) in [5.74, 6) is -0.224. The van der Waals surface area contributed by atoms with Crippen molar-refractivity contribution in [3.8, 4) is 10.6 Å². The van der Waals surface area contributed by atoms with Gasteiger partial charge in [-0.15, -0.1) is 11.3 Å². The Morgan fingerprint density at radius 1 is 1.43 bits per heavy atom. The monoisotopic (exact) mass is 306 g/mol. The SMILES string of the molecule is O=C(c1csc(-c2ccc(F)cc2)n1)N1CCC(CO)C1. The van der Waals surface area contributed by atoms with Gasteiger partial charge < -0.3 is 10.0 Å². The van der Waals surface area contributed by atoms with E-state index in [-0.39, 0.29) is 24.2 Å². The Morgan fingerprint density at radius 3 is 2.86 bits per heavy atom. The maximum Gasteiger partial charge on any atom is 0.273 e. The smallest absolute Gasteiger partial charge is 0.273 e. The molecular weight excluding hydrogens is 291 g/mol. The summed E-state index contributed by atoms with van der Waals surface area (Å²) < 4.78 is 12.9. The fourth-order valence-electron chi connectivity index (χ4n) is 2.43. The third kappa shape index (κ3) is 2.96. The van der Waals surface area contributed by atoms with E-state index in [2.05, 4.69) is 4.98 Å². The normalized spacial score (nSPS) is 18.2. The number of halogens is 1. The lowest BCUT2D eigenvalue weighted by Gasteiger charge is -2.14. The van der Waals surface area contributed by atoms with Gasteiger partial charge in [-0.2, -0.15) is 0 Å². The molecule has 1 aromatic heterocycles. The Kier molecular flexibility index (Phi) is 3.98. The highest BCUT2D eigenvalue weighted by Gasteiger charge is 2.27. The second-order valence-corrected chi connectivity index (χ2v) is 5.99. The molecule has 3 rings (SSSR count). The van der Waals surface area contributed by atoms with Gasteiger partial charge in [0.1, 0.15) is 16.5 Å². The first kappa shape index (κ1) is 14.2. The number of likely N-dealkylation sites (tertiary alicyclic amines) is 1. The van der Waals surface area contributed by atoms with Crippen LogP contribution in [0.3, 0.4) is 0 Å². The summed E-state index contributed by atoms with van der Waals surface area (Å²) in [5.41, 5.74) is 1.22. The number of thiazole rings is 1. The van der Waals surface area contributed by atoms with Crippen molar-refractivity contribution in [2.45, 2.75) is 6.42 Å². The average Bonchev–Trinajstić information content (AvgIpc) is 3.16. The van der Waals surface area contributed by atoms with E-state index in [4.69, 9.17) is 5.11 Å². The zero-order valence-electron chi connectivity index (χ0n) is 11.3. The molecule has 1 aromatic carbocycles. The number of carbonyl (C=O) groups excluding carboxylic acids is 1. The van der Waals surface area contributed by atoms with Gasteiger partial charge in [-0.25, -0.2) is 9.37 Å². The van der Waals surface area contributed by atoms with Crippen LogP contribution in [0.25, 0.3) is 10.6 Å². The number of rotatable bonds is 3. The van der Waals surface area contributed by atoms with E-state index < -0.39 is 0 Å². The zero-order chi connectivity index (χ0) is 14.8. The van der Waals surface area contributed by atoms with Gasteiger partial charge in [-0.05, 0) is 30.7 Å². The van der Waals surface area contributed by atoms with E-state index in [0.29, 0.717) is 23.8 Å². The van der Waals surface area contributed by atoms with E-state index >= 15 is 0 Å². The molecular formula is C15H15FN2O2S. The van der Waals surface area contributed by atoms with E-state index in [1.165, 1.54) is 23.5 Å². The van der Waals surface area contributed by atoms with Gasteiger partial charge >= 0.3 is 0 Å². The number of amides is 1. The summed E-state index contributed by atoms with van der Waals surface area (Å²) >= 11 is 1.37. The fraction of sp³-hybridized carbons (Fsp3) is 0.333. The molecule has 1 atom stereocenters. The van der Waals surface area contributed by atoms with Crippen LogP contribution in [0, 0.1) is 11.7 Å². The first-order chi connectivity index (χ1) is 10.2. The maximum atomic E-state index is 12.9. The first-order valence-corrected chi connectivity index (χ1v) is 7.67. The van der Waals surface area contributed by atoms with Crippen molar-refractivity contribution in [2.24, 2.45) is 5.92 Å². The maximum absolute atomic E-state index is 12.9. The average molecular weight is 306 g/mol. The lowest BCUT2D eigenvalue weighted by atomic mass is 10.1. The number of aliphatic hydroxyl groups is 1. The molecule has 0 saturated carbocycles. The minimum absolute atomic E-state index is 0.101. The van der Waals surface area contributed by atoms with Crippen LogP contribution in [0.1, 0.15) is 16.9 Å². The molecule has 1 aliphatic heterocycles. The molecule has 1 saturated heterocycles. The molecule has 1 fully saturated rings. The Balaban J connectivity index is 1.75. The van der Waals surface area contributed by atoms with Crippen molar-refractivity contribution in [3.63, 3.8) is 0 Å². The molecule has 1 N–H and O–H groups in total. The van der Waals surface area contributed by atoms with Crippen LogP contribution < -0.4 is 0 Å². The number of aromatic nitrogens is 1. The van der Waals surface area contributed by atoms with Crippen molar-refractivity contribution in [1.82, 2.24) is 9.88 Å². The Morgan fingerprint density at radius 2 is 2.19 bits per heavy atom. The highest BCUT2D eigenvalue weighted by Crippen LogP contribution is 2.25. The van der Waals surface area contributed by atoms with Gasteiger partial charge in [0.15, 0.2) is 0 Å². The van der Waals surface area contributed by atoms with E-state index in [1.54, 1.807) is 22.4 Å². The predicted octanol–water partition coefficient (Wildman–Crippen LogP) is 2.40. The summed E-state index contributed by atoms with van der Waals surface area (Å²) in [4.78, 5) is 18.4. The van der Waals surface area contributed by atoms with Crippen molar-refractivity contribution in [2.75, 3.05) is 19.7 Å². The second-order valence-electron chi connectivity index (χ2n) is 5.13. The quantitative estimate of drug-likeness (QED) is 0.947. The lowest BCUT2D eigenvalue weighted by molar-refractivity contribution is 0.0777. The van der Waals surface area contributed by atoms with Gasteiger partial charge in [-0.3, -0.25) is 4.79 Å². The topological polar surface area (TPSA) is 53.4 Å². The fourth-order valence-corrected chi connectivity index (χ4v) is 3.23. The molecule has 21 heavy (non-hydrogen) atoms. The van der Waals surface area contributed by atoms with Crippen LogP contribution >= 0.6 is 11.3 Å². The van der Waals surface area contributed by atoms with Crippen LogP contribution in [0.4, 0.5) is 4.39 Å². The molecule has 1 aliphatic rings. The molecule has 0 spiro atoms. The summed E-state index contributed by atoms with van der Waals surface area (Å²) in [5, 5.41) is 11.6. The summed E-state index contributed by atoms with van der Waals surface area (Å²) in [6.07, 6.45) is 0.831. The first-order valence-electron chi connectivity index (χ1n) is 6.79. The Hall–Kier alpha value is -1.79. The molecule has 2 heterocycles.